The van der Waals surface area contributed by atoms with Gasteiger partial charge in [0.15, 0.2) is 0 Å². The molecule has 0 aliphatic carbocycles. The SMILES string of the molecule is CC(C)=CCC[C@H](C)CCOc1cc(C(C)(C)C)c(O)c(C(C)(C)C)c1. The Kier molecular flexibility index (Phi) is 7.80. The second-order valence-electron chi connectivity index (χ2n) is 9.97. The number of phenols is 1. The van der Waals surface area contributed by atoms with Crippen molar-refractivity contribution >= 4 is 0 Å². The minimum absolute atomic E-state index is 0.124. The predicted molar refractivity (Wildman–Crippen MR) is 113 cm³/mol. The summed E-state index contributed by atoms with van der Waals surface area (Å²) < 4.78 is 6.10. The Morgan fingerprint density at radius 3 is 1.92 bits per heavy atom. The summed E-state index contributed by atoms with van der Waals surface area (Å²) in [5, 5.41) is 10.8. The van der Waals surface area contributed by atoms with E-state index in [-0.39, 0.29) is 10.8 Å². The van der Waals surface area contributed by atoms with Crippen LogP contribution in [0.1, 0.15) is 92.7 Å². The quantitative estimate of drug-likeness (QED) is 0.524. The first-order valence-corrected chi connectivity index (χ1v) is 9.96. The summed E-state index contributed by atoms with van der Waals surface area (Å²) in [4.78, 5) is 0. The lowest BCUT2D eigenvalue weighted by Gasteiger charge is -2.28. The van der Waals surface area contributed by atoms with Gasteiger partial charge in [-0.3, -0.25) is 0 Å². The van der Waals surface area contributed by atoms with Gasteiger partial charge in [0.25, 0.3) is 0 Å². The molecular formula is C24H40O2. The zero-order valence-electron chi connectivity index (χ0n) is 18.5. The number of ether oxygens (including phenoxy) is 1. The van der Waals surface area contributed by atoms with Crippen LogP contribution >= 0.6 is 0 Å². The number of hydrogen-bond acceptors (Lipinski definition) is 2. The standard InChI is InChI=1S/C24H40O2/c1-17(2)11-10-12-18(3)13-14-26-19-15-20(23(4,5)6)22(25)21(16-19)24(7,8)9/h11,15-16,18,25H,10,12-14H2,1-9H3/t18-/m0/s1. The maximum atomic E-state index is 10.8. The zero-order valence-corrected chi connectivity index (χ0v) is 18.5. The molecule has 0 spiro atoms. The first-order valence-electron chi connectivity index (χ1n) is 9.96. The lowest BCUT2D eigenvalue weighted by molar-refractivity contribution is 0.277. The number of aromatic hydroxyl groups is 1. The summed E-state index contributed by atoms with van der Waals surface area (Å²) in [5.41, 5.74) is 3.05. The molecule has 1 rings (SSSR count). The molecule has 0 aliphatic rings. The Morgan fingerprint density at radius 2 is 1.50 bits per heavy atom. The number of phenolic OH excluding ortho intramolecular Hbond substituents is 1. The molecular weight excluding hydrogens is 320 g/mol. The molecule has 0 aromatic heterocycles. The van der Waals surface area contributed by atoms with Gasteiger partial charge in [-0.2, -0.15) is 0 Å². The molecule has 26 heavy (non-hydrogen) atoms. The molecule has 0 radical (unpaired) electrons. The third-order valence-electron chi connectivity index (χ3n) is 4.79. The molecule has 1 atom stereocenters. The fourth-order valence-electron chi connectivity index (χ4n) is 3.01. The van der Waals surface area contributed by atoms with Crippen LogP contribution in [0.3, 0.4) is 0 Å². The van der Waals surface area contributed by atoms with Crippen molar-refractivity contribution in [3.63, 3.8) is 0 Å². The number of benzene rings is 1. The van der Waals surface area contributed by atoms with Gasteiger partial charge in [0.05, 0.1) is 6.61 Å². The average Bonchev–Trinajstić information content (AvgIpc) is 2.45. The lowest BCUT2D eigenvalue weighted by Crippen LogP contribution is -2.17. The Bertz CT molecular complexity index is 573. The van der Waals surface area contributed by atoms with Crippen LogP contribution in [-0.2, 0) is 10.8 Å². The molecule has 1 aromatic rings. The van der Waals surface area contributed by atoms with Crippen LogP contribution in [0, 0.1) is 5.92 Å². The fourth-order valence-corrected chi connectivity index (χ4v) is 3.01. The first kappa shape index (κ1) is 22.6. The summed E-state index contributed by atoms with van der Waals surface area (Å²) in [6.45, 7) is 20.1. The van der Waals surface area contributed by atoms with Crippen molar-refractivity contribution in [2.45, 2.75) is 92.4 Å². The van der Waals surface area contributed by atoms with Crippen molar-refractivity contribution in [3.05, 3.63) is 34.9 Å². The van der Waals surface area contributed by atoms with Crippen LogP contribution in [0.2, 0.25) is 0 Å². The molecule has 148 valence electrons. The molecule has 0 fully saturated rings. The summed E-state index contributed by atoms with van der Waals surface area (Å²) >= 11 is 0. The Labute approximate surface area is 161 Å². The van der Waals surface area contributed by atoms with E-state index in [9.17, 15) is 5.11 Å². The Morgan fingerprint density at radius 1 is 1.00 bits per heavy atom. The van der Waals surface area contributed by atoms with Crippen LogP contribution in [-0.4, -0.2) is 11.7 Å². The van der Waals surface area contributed by atoms with E-state index < -0.39 is 0 Å². The van der Waals surface area contributed by atoms with E-state index >= 15 is 0 Å². The van der Waals surface area contributed by atoms with Gasteiger partial charge in [-0.05, 0) is 62.0 Å². The summed E-state index contributed by atoms with van der Waals surface area (Å²) in [6.07, 6.45) is 5.70. The van der Waals surface area contributed by atoms with E-state index in [1.807, 2.05) is 12.1 Å². The summed E-state index contributed by atoms with van der Waals surface area (Å²) in [7, 11) is 0. The van der Waals surface area contributed by atoms with Crippen LogP contribution in [0.4, 0.5) is 0 Å². The molecule has 0 unspecified atom stereocenters. The minimum Gasteiger partial charge on any atom is -0.507 e. The van der Waals surface area contributed by atoms with Gasteiger partial charge in [-0.25, -0.2) is 0 Å². The van der Waals surface area contributed by atoms with Gasteiger partial charge < -0.3 is 9.84 Å². The molecule has 0 amide bonds. The van der Waals surface area contributed by atoms with Gasteiger partial charge in [0.2, 0.25) is 0 Å². The van der Waals surface area contributed by atoms with Crippen LogP contribution in [0.25, 0.3) is 0 Å². The van der Waals surface area contributed by atoms with E-state index in [2.05, 4.69) is 68.4 Å². The summed E-state index contributed by atoms with van der Waals surface area (Å²) in [6, 6.07) is 4.02. The van der Waals surface area contributed by atoms with Gasteiger partial charge in [0.1, 0.15) is 11.5 Å². The zero-order chi connectivity index (χ0) is 20.1. The third-order valence-corrected chi connectivity index (χ3v) is 4.79. The Balaban J connectivity index is 2.85. The molecule has 0 saturated carbocycles. The monoisotopic (exact) mass is 360 g/mol. The van der Waals surface area contributed by atoms with Crippen LogP contribution in [0.15, 0.2) is 23.8 Å². The highest BCUT2D eigenvalue weighted by atomic mass is 16.5. The maximum Gasteiger partial charge on any atom is 0.123 e. The second kappa shape index (κ2) is 8.97. The Hall–Kier alpha value is -1.44. The highest BCUT2D eigenvalue weighted by Gasteiger charge is 2.26. The van der Waals surface area contributed by atoms with Gasteiger partial charge >= 0.3 is 0 Å². The van der Waals surface area contributed by atoms with E-state index in [1.54, 1.807) is 0 Å². The number of allylic oxidation sites excluding steroid dienone is 2. The molecule has 0 saturated heterocycles. The topological polar surface area (TPSA) is 29.5 Å². The van der Waals surface area contributed by atoms with Gasteiger partial charge in [-0.1, -0.05) is 60.1 Å². The molecule has 1 N–H and O–H groups in total. The maximum absolute atomic E-state index is 10.8. The minimum atomic E-state index is -0.124. The van der Waals surface area contributed by atoms with Gasteiger partial charge in [-0.15, -0.1) is 0 Å². The smallest absolute Gasteiger partial charge is 0.123 e. The number of hydrogen-bond donors (Lipinski definition) is 1. The highest BCUT2D eigenvalue weighted by Crippen LogP contribution is 2.41. The van der Waals surface area contributed by atoms with Crippen LogP contribution in [0.5, 0.6) is 11.5 Å². The van der Waals surface area contributed by atoms with Gasteiger partial charge in [0, 0.05) is 11.1 Å². The van der Waals surface area contributed by atoms with Crippen molar-refractivity contribution in [2.75, 3.05) is 6.61 Å². The third kappa shape index (κ3) is 7.05. The molecule has 2 heteroatoms. The molecule has 2 nitrogen and oxygen atoms in total. The predicted octanol–water partition coefficient (Wildman–Crippen LogP) is 7.14. The van der Waals surface area contributed by atoms with Crippen LogP contribution < -0.4 is 4.74 Å². The molecule has 0 heterocycles. The molecule has 0 aliphatic heterocycles. The van der Waals surface area contributed by atoms with E-state index in [0.29, 0.717) is 18.3 Å². The largest absolute Gasteiger partial charge is 0.507 e. The van der Waals surface area contributed by atoms with Crippen molar-refractivity contribution < 1.29 is 9.84 Å². The average molecular weight is 361 g/mol. The fraction of sp³-hybridized carbons (Fsp3) is 0.667. The van der Waals surface area contributed by atoms with Crippen molar-refractivity contribution in [1.82, 2.24) is 0 Å². The first-order chi connectivity index (χ1) is 11.8. The normalized spacial score (nSPS) is 13.4. The van der Waals surface area contributed by atoms with E-state index in [0.717, 1.165) is 29.7 Å². The molecule has 0 bridgehead atoms. The van der Waals surface area contributed by atoms with E-state index in [4.69, 9.17) is 4.74 Å². The molecule has 1 aromatic carbocycles. The highest BCUT2D eigenvalue weighted by molar-refractivity contribution is 5.51. The van der Waals surface area contributed by atoms with Crippen molar-refractivity contribution in [2.24, 2.45) is 5.92 Å². The van der Waals surface area contributed by atoms with E-state index in [1.165, 1.54) is 12.0 Å². The second-order valence-corrected chi connectivity index (χ2v) is 9.97. The summed E-state index contributed by atoms with van der Waals surface area (Å²) in [5.74, 6) is 1.92. The lowest BCUT2D eigenvalue weighted by atomic mass is 9.79. The van der Waals surface area contributed by atoms with Crippen molar-refractivity contribution in [1.29, 1.82) is 0 Å². The number of rotatable bonds is 7. The van der Waals surface area contributed by atoms with Crippen molar-refractivity contribution in [3.8, 4) is 11.5 Å².